The van der Waals surface area contributed by atoms with E-state index in [1.165, 1.54) is 13.3 Å². The monoisotopic (exact) mass is 221 g/mol. The average molecular weight is 221 g/mol. The summed E-state index contributed by atoms with van der Waals surface area (Å²) in [7, 11) is 0. The summed E-state index contributed by atoms with van der Waals surface area (Å²) >= 11 is 0. The molecule has 1 atom stereocenters. The number of aliphatic hydroxyl groups excluding tert-OH is 2. The number of fused-ring (bicyclic) bond motifs is 1. The molecule has 2 heterocycles. The van der Waals surface area contributed by atoms with Crippen molar-refractivity contribution in [1.29, 1.82) is 0 Å². The molecule has 1 unspecified atom stereocenters. The molecule has 0 saturated heterocycles. The van der Waals surface area contributed by atoms with Gasteiger partial charge in [-0.2, -0.15) is 0 Å². The second-order valence-electron chi connectivity index (χ2n) is 3.42. The third-order valence-corrected chi connectivity index (χ3v) is 1.90. The fourth-order valence-corrected chi connectivity index (χ4v) is 1.01. The molecule has 0 aliphatic heterocycles. The number of nitrogens with zero attached hydrogens (tertiary/aromatic N) is 3. The molecule has 2 rings (SSSR count). The predicted molar refractivity (Wildman–Crippen MR) is 60.8 cm³/mol. The van der Waals surface area contributed by atoms with Crippen molar-refractivity contribution in [3.8, 4) is 0 Å². The summed E-state index contributed by atoms with van der Waals surface area (Å²) < 4.78 is 0. The van der Waals surface area contributed by atoms with E-state index in [1.54, 1.807) is 12.4 Å². The van der Waals surface area contributed by atoms with E-state index in [4.69, 9.17) is 10.2 Å². The third kappa shape index (κ3) is 3.52. The van der Waals surface area contributed by atoms with E-state index in [2.05, 4.69) is 15.0 Å². The first-order valence-corrected chi connectivity index (χ1v) is 4.95. The summed E-state index contributed by atoms with van der Waals surface area (Å²) in [4.78, 5) is 12.0. The zero-order valence-corrected chi connectivity index (χ0v) is 9.33. The number of pyridine rings is 1. The lowest BCUT2D eigenvalue weighted by atomic mass is 10.2. The highest BCUT2D eigenvalue weighted by Gasteiger charge is 1.95. The van der Waals surface area contributed by atoms with E-state index >= 15 is 0 Å². The molecule has 0 aromatic carbocycles. The van der Waals surface area contributed by atoms with Gasteiger partial charge in [-0.25, -0.2) is 15.0 Å². The second kappa shape index (κ2) is 6.09. The molecule has 0 bridgehead atoms. The Morgan fingerprint density at radius 1 is 1.38 bits per heavy atom. The number of aromatic nitrogens is 3. The lowest BCUT2D eigenvalue weighted by Gasteiger charge is -1.96. The number of aryl methyl sites for hydroxylation is 1. The van der Waals surface area contributed by atoms with Crippen LogP contribution in [0.4, 0.5) is 0 Å². The van der Waals surface area contributed by atoms with Crippen molar-refractivity contribution in [3.05, 3.63) is 30.4 Å². The minimum atomic E-state index is -0.560. The number of hydrogen-bond donors (Lipinski definition) is 2. The standard InChI is InChI=1S/C8H7N3.C3H8O2/c1-6-2-3-10-8-7(6)4-9-5-11-8;1-3(5)2-4/h2-5H,1H3;3-5H,2H2,1H3. The van der Waals surface area contributed by atoms with Gasteiger partial charge < -0.3 is 10.2 Å². The summed E-state index contributed by atoms with van der Waals surface area (Å²) in [5, 5.41) is 17.0. The van der Waals surface area contributed by atoms with Crippen molar-refractivity contribution in [3.63, 3.8) is 0 Å². The van der Waals surface area contributed by atoms with Crippen LogP contribution in [0.15, 0.2) is 24.8 Å². The van der Waals surface area contributed by atoms with Crippen LogP contribution in [0.1, 0.15) is 12.5 Å². The molecule has 5 heteroatoms. The number of rotatable bonds is 1. The van der Waals surface area contributed by atoms with Crippen LogP contribution < -0.4 is 0 Å². The topological polar surface area (TPSA) is 79.1 Å². The lowest BCUT2D eigenvalue weighted by Crippen LogP contribution is -2.03. The summed E-state index contributed by atoms with van der Waals surface area (Å²) in [5.74, 6) is 0. The van der Waals surface area contributed by atoms with Gasteiger partial charge in [0, 0.05) is 17.8 Å². The van der Waals surface area contributed by atoms with Crippen LogP contribution in [0, 0.1) is 6.92 Å². The summed E-state index contributed by atoms with van der Waals surface area (Å²) in [6, 6.07) is 1.95. The molecule has 16 heavy (non-hydrogen) atoms. The second-order valence-corrected chi connectivity index (χ2v) is 3.42. The fourth-order valence-electron chi connectivity index (χ4n) is 1.01. The Balaban J connectivity index is 0.000000221. The molecule has 2 N–H and O–H groups in total. The maximum atomic E-state index is 8.11. The first kappa shape index (κ1) is 12.5. The van der Waals surface area contributed by atoms with Crippen LogP contribution in [-0.2, 0) is 0 Å². The van der Waals surface area contributed by atoms with Gasteiger partial charge in [0.05, 0.1) is 12.7 Å². The van der Waals surface area contributed by atoms with Crippen molar-refractivity contribution in [2.24, 2.45) is 0 Å². The Morgan fingerprint density at radius 2 is 2.06 bits per heavy atom. The number of aliphatic hydroxyl groups is 2. The van der Waals surface area contributed by atoms with Gasteiger partial charge in [-0.3, -0.25) is 0 Å². The normalized spacial score (nSPS) is 11.8. The van der Waals surface area contributed by atoms with Crippen LogP contribution in [0.25, 0.3) is 11.0 Å². The highest BCUT2D eigenvalue weighted by molar-refractivity contribution is 5.76. The van der Waals surface area contributed by atoms with Gasteiger partial charge in [-0.1, -0.05) is 0 Å². The van der Waals surface area contributed by atoms with E-state index in [-0.39, 0.29) is 6.61 Å². The summed E-state index contributed by atoms with van der Waals surface area (Å²) in [6.07, 6.45) is 4.49. The van der Waals surface area contributed by atoms with Gasteiger partial charge in [0.15, 0.2) is 5.65 Å². The smallest absolute Gasteiger partial charge is 0.162 e. The molecule has 5 nitrogen and oxygen atoms in total. The lowest BCUT2D eigenvalue weighted by molar-refractivity contribution is 0.110. The molecule has 0 aliphatic rings. The van der Waals surface area contributed by atoms with Crippen LogP contribution >= 0.6 is 0 Å². The van der Waals surface area contributed by atoms with Gasteiger partial charge in [0.2, 0.25) is 0 Å². The molecule has 86 valence electrons. The van der Waals surface area contributed by atoms with Crippen molar-refractivity contribution < 1.29 is 10.2 Å². The van der Waals surface area contributed by atoms with E-state index < -0.39 is 6.10 Å². The molecule has 0 saturated carbocycles. The van der Waals surface area contributed by atoms with Gasteiger partial charge in [-0.15, -0.1) is 0 Å². The Hall–Kier alpha value is -1.59. The fraction of sp³-hybridized carbons (Fsp3) is 0.364. The van der Waals surface area contributed by atoms with E-state index in [0.717, 1.165) is 16.6 Å². The quantitative estimate of drug-likeness (QED) is 0.740. The Morgan fingerprint density at radius 3 is 2.62 bits per heavy atom. The molecule has 2 aromatic heterocycles. The van der Waals surface area contributed by atoms with E-state index in [0.29, 0.717) is 0 Å². The third-order valence-electron chi connectivity index (χ3n) is 1.90. The van der Waals surface area contributed by atoms with Crippen molar-refractivity contribution in [1.82, 2.24) is 15.0 Å². The molecular formula is C11H15N3O2. The largest absolute Gasteiger partial charge is 0.394 e. The van der Waals surface area contributed by atoms with Gasteiger partial charge in [0.1, 0.15) is 6.33 Å². The van der Waals surface area contributed by atoms with Crippen LogP contribution in [-0.4, -0.2) is 37.9 Å². The minimum Gasteiger partial charge on any atom is -0.394 e. The maximum absolute atomic E-state index is 8.11. The first-order valence-electron chi connectivity index (χ1n) is 4.95. The Bertz CT molecular complexity index is 441. The average Bonchev–Trinajstić information content (AvgIpc) is 2.30. The maximum Gasteiger partial charge on any atom is 0.162 e. The van der Waals surface area contributed by atoms with Gasteiger partial charge >= 0.3 is 0 Å². The first-order chi connectivity index (χ1) is 7.65. The van der Waals surface area contributed by atoms with Crippen LogP contribution in [0.3, 0.4) is 0 Å². The molecule has 0 aliphatic carbocycles. The number of hydrogen-bond acceptors (Lipinski definition) is 5. The summed E-state index contributed by atoms with van der Waals surface area (Å²) in [5.41, 5.74) is 1.93. The zero-order chi connectivity index (χ0) is 12.0. The molecule has 0 radical (unpaired) electrons. The highest BCUT2D eigenvalue weighted by Crippen LogP contribution is 2.10. The highest BCUT2D eigenvalue weighted by atomic mass is 16.3. The van der Waals surface area contributed by atoms with Crippen LogP contribution in [0.5, 0.6) is 0 Å². The van der Waals surface area contributed by atoms with Crippen LogP contribution in [0.2, 0.25) is 0 Å². The molecule has 2 aromatic rings. The van der Waals surface area contributed by atoms with Crippen molar-refractivity contribution in [2.75, 3.05) is 6.61 Å². The van der Waals surface area contributed by atoms with E-state index in [9.17, 15) is 0 Å². The van der Waals surface area contributed by atoms with Crippen molar-refractivity contribution >= 4 is 11.0 Å². The SMILES string of the molecule is CC(O)CO.Cc1ccnc2ncncc12. The van der Waals surface area contributed by atoms with Gasteiger partial charge in [-0.05, 0) is 25.5 Å². The predicted octanol–water partition coefficient (Wildman–Crippen LogP) is 0.693. The molecule has 0 fully saturated rings. The molecule has 0 amide bonds. The zero-order valence-electron chi connectivity index (χ0n) is 9.33. The minimum absolute atomic E-state index is 0.139. The van der Waals surface area contributed by atoms with Gasteiger partial charge in [0.25, 0.3) is 0 Å². The van der Waals surface area contributed by atoms with E-state index in [1.807, 2.05) is 13.0 Å². The Kier molecular flexibility index (Phi) is 4.75. The summed E-state index contributed by atoms with van der Waals surface area (Å²) in [6.45, 7) is 3.41. The van der Waals surface area contributed by atoms with Crippen molar-refractivity contribution in [2.45, 2.75) is 20.0 Å². The Labute approximate surface area is 93.8 Å². The molecule has 0 spiro atoms. The molecular weight excluding hydrogens is 206 g/mol.